The molecule has 0 fully saturated rings. The van der Waals surface area contributed by atoms with Gasteiger partial charge in [-0.3, -0.25) is 4.79 Å². The highest BCUT2D eigenvalue weighted by Crippen LogP contribution is 2.39. The lowest BCUT2D eigenvalue weighted by molar-refractivity contribution is -0.116. The number of carbonyl (C=O) groups excluding carboxylic acids is 1. The Morgan fingerprint density at radius 3 is 3.00 bits per heavy atom. The maximum atomic E-state index is 12.2. The van der Waals surface area contributed by atoms with Crippen LogP contribution in [0.2, 0.25) is 5.02 Å². The third kappa shape index (κ3) is 2.61. The highest BCUT2D eigenvalue weighted by atomic mass is 35.5. The van der Waals surface area contributed by atoms with Crippen molar-refractivity contribution in [2.45, 2.75) is 25.8 Å². The Kier molecular flexibility index (Phi) is 3.86. The van der Waals surface area contributed by atoms with Gasteiger partial charge in [0, 0.05) is 28.3 Å². The topological polar surface area (TPSA) is 59.8 Å². The molecule has 24 heavy (non-hydrogen) atoms. The summed E-state index contributed by atoms with van der Waals surface area (Å²) in [6.07, 6.45) is 0.398. The molecule has 3 heterocycles. The number of nitrogens with zero attached hydrogens (tertiary/aromatic N) is 3. The molecule has 1 aromatic carbocycles. The van der Waals surface area contributed by atoms with Crippen LogP contribution in [0.5, 0.6) is 0 Å². The summed E-state index contributed by atoms with van der Waals surface area (Å²) in [5.74, 6) is 0.697. The number of benzene rings is 1. The van der Waals surface area contributed by atoms with Crippen LogP contribution in [-0.2, 0) is 11.3 Å². The first kappa shape index (κ1) is 15.4. The summed E-state index contributed by atoms with van der Waals surface area (Å²) < 4.78 is 1.82. The van der Waals surface area contributed by atoms with E-state index < -0.39 is 0 Å². The fourth-order valence-corrected chi connectivity index (χ4v) is 3.97. The third-order valence-corrected chi connectivity index (χ3v) is 5.23. The van der Waals surface area contributed by atoms with Crippen molar-refractivity contribution in [3.63, 3.8) is 0 Å². The van der Waals surface area contributed by atoms with Gasteiger partial charge in [0.05, 0.1) is 23.4 Å². The summed E-state index contributed by atoms with van der Waals surface area (Å²) in [7, 11) is 0. The van der Waals surface area contributed by atoms with E-state index in [1.54, 1.807) is 5.51 Å². The fraction of sp³-hybridized carbons (Fsp3) is 0.235. The van der Waals surface area contributed by atoms with Crippen LogP contribution in [0.1, 0.15) is 34.9 Å². The molecule has 0 saturated heterocycles. The molecule has 5 nitrogen and oxygen atoms in total. The molecular weight excluding hydrogens is 344 g/mol. The lowest BCUT2D eigenvalue weighted by atomic mass is 9.90. The van der Waals surface area contributed by atoms with Crippen molar-refractivity contribution in [3.05, 3.63) is 62.7 Å². The van der Waals surface area contributed by atoms with Crippen LogP contribution in [0, 0.1) is 6.92 Å². The van der Waals surface area contributed by atoms with Gasteiger partial charge in [-0.25, -0.2) is 9.67 Å². The van der Waals surface area contributed by atoms with E-state index >= 15 is 0 Å². The molecule has 122 valence electrons. The zero-order valence-electron chi connectivity index (χ0n) is 13.0. The van der Waals surface area contributed by atoms with Crippen LogP contribution in [-0.4, -0.2) is 20.7 Å². The number of halogens is 1. The summed E-state index contributed by atoms with van der Waals surface area (Å²) in [5.41, 5.74) is 5.65. The second-order valence-electron chi connectivity index (χ2n) is 5.81. The molecule has 0 spiro atoms. The number of anilines is 1. The minimum Gasteiger partial charge on any atom is -0.311 e. The minimum absolute atomic E-state index is 0.0131. The van der Waals surface area contributed by atoms with Gasteiger partial charge in [-0.2, -0.15) is 5.10 Å². The number of amides is 1. The van der Waals surface area contributed by atoms with Crippen LogP contribution in [0.4, 0.5) is 5.82 Å². The number of fused-ring (bicyclic) bond motifs is 1. The summed E-state index contributed by atoms with van der Waals surface area (Å²) in [6, 6.07) is 7.67. The SMILES string of the molecule is Cc1nn(Cc2ccccc2Cl)c2c1C(c1cscn1)CC(=O)N2. The van der Waals surface area contributed by atoms with E-state index in [0.29, 0.717) is 18.0 Å². The lowest BCUT2D eigenvalue weighted by Crippen LogP contribution is -2.25. The average Bonchev–Trinajstić information content (AvgIpc) is 3.18. The Morgan fingerprint density at radius 1 is 1.42 bits per heavy atom. The molecular formula is C17H15ClN4OS. The van der Waals surface area contributed by atoms with Crippen LogP contribution >= 0.6 is 22.9 Å². The largest absolute Gasteiger partial charge is 0.311 e. The van der Waals surface area contributed by atoms with Crippen molar-refractivity contribution in [1.82, 2.24) is 14.8 Å². The van der Waals surface area contributed by atoms with Gasteiger partial charge in [0.2, 0.25) is 5.91 Å². The first-order valence-corrected chi connectivity index (χ1v) is 8.94. The van der Waals surface area contributed by atoms with E-state index in [1.807, 2.05) is 41.3 Å². The van der Waals surface area contributed by atoms with Crippen LogP contribution < -0.4 is 5.32 Å². The van der Waals surface area contributed by atoms with Gasteiger partial charge in [0.25, 0.3) is 0 Å². The van der Waals surface area contributed by atoms with Gasteiger partial charge in [0.15, 0.2) is 0 Å². The van der Waals surface area contributed by atoms with Crippen molar-refractivity contribution in [2.24, 2.45) is 0 Å². The van der Waals surface area contributed by atoms with Crippen molar-refractivity contribution >= 4 is 34.7 Å². The second-order valence-corrected chi connectivity index (χ2v) is 6.94. The third-order valence-electron chi connectivity index (χ3n) is 4.26. The molecule has 4 rings (SSSR count). The van der Waals surface area contributed by atoms with E-state index in [4.69, 9.17) is 11.6 Å². The first-order chi connectivity index (χ1) is 11.6. The van der Waals surface area contributed by atoms with Crippen molar-refractivity contribution < 1.29 is 4.79 Å². The van der Waals surface area contributed by atoms with Crippen molar-refractivity contribution in [2.75, 3.05) is 5.32 Å². The molecule has 0 aliphatic carbocycles. The van der Waals surface area contributed by atoms with Gasteiger partial charge in [-0.15, -0.1) is 11.3 Å². The van der Waals surface area contributed by atoms with E-state index in [2.05, 4.69) is 15.4 Å². The summed E-state index contributed by atoms with van der Waals surface area (Å²) in [5, 5.41) is 10.3. The molecule has 3 aromatic rings. The molecule has 1 aliphatic heterocycles. The maximum Gasteiger partial charge on any atom is 0.226 e. The molecule has 0 radical (unpaired) electrons. The smallest absolute Gasteiger partial charge is 0.226 e. The monoisotopic (exact) mass is 358 g/mol. The maximum absolute atomic E-state index is 12.2. The summed E-state index contributed by atoms with van der Waals surface area (Å²) in [6.45, 7) is 2.48. The molecule has 1 aliphatic rings. The Hall–Kier alpha value is -2.18. The highest BCUT2D eigenvalue weighted by Gasteiger charge is 2.33. The zero-order chi connectivity index (χ0) is 16.7. The Bertz CT molecular complexity index is 903. The molecule has 2 aromatic heterocycles. The zero-order valence-corrected chi connectivity index (χ0v) is 14.6. The molecule has 0 bridgehead atoms. The van der Waals surface area contributed by atoms with Gasteiger partial charge in [-0.1, -0.05) is 29.8 Å². The van der Waals surface area contributed by atoms with E-state index in [9.17, 15) is 4.79 Å². The second kappa shape index (κ2) is 6.03. The van der Waals surface area contributed by atoms with Gasteiger partial charge in [-0.05, 0) is 18.6 Å². The fourth-order valence-electron chi connectivity index (χ4n) is 3.16. The predicted molar refractivity (Wildman–Crippen MR) is 94.7 cm³/mol. The Balaban J connectivity index is 1.78. The summed E-state index contributed by atoms with van der Waals surface area (Å²) >= 11 is 7.80. The van der Waals surface area contributed by atoms with Crippen LogP contribution in [0.3, 0.4) is 0 Å². The number of carbonyl (C=O) groups is 1. The number of rotatable bonds is 3. The molecule has 1 N–H and O–H groups in total. The van der Waals surface area contributed by atoms with Crippen LogP contribution in [0.25, 0.3) is 0 Å². The van der Waals surface area contributed by atoms with E-state index in [0.717, 1.165) is 28.3 Å². The number of aromatic nitrogens is 3. The van der Waals surface area contributed by atoms with Gasteiger partial charge >= 0.3 is 0 Å². The number of nitrogens with one attached hydrogen (secondary N) is 1. The van der Waals surface area contributed by atoms with Gasteiger partial charge < -0.3 is 5.32 Å². The number of hydrogen-bond acceptors (Lipinski definition) is 4. The molecule has 1 atom stereocenters. The van der Waals surface area contributed by atoms with Crippen molar-refractivity contribution in [1.29, 1.82) is 0 Å². The number of hydrogen-bond donors (Lipinski definition) is 1. The molecule has 7 heteroatoms. The standard InChI is InChI=1S/C17H15ClN4OS/c1-10-16-12(14-8-24-9-19-14)6-15(23)20-17(16)22(21-10)7-11-4-2-3-5-13(11)18/h2-5,8-9,12H,6-7H2,1H3,(H,20,23). The molecule has 1 unspecified atom stereocenters. The van der Waals surface area contributed by atoms with E-state index in [1.165, 1.54) is 11.3 Å². The Labute approximate surface area is 148 Å². The normalized spacial score (nSPS) is 16.8. The Morgan fingerprint density at radius 2 is 2.25 bits per heavy atom. The van der Waals surface area contributed by atoms with Crippen molar-refractivity contribution in [3.8, 4) is 0 Å². The van der Waals surface area contributed by atoms with Gasteiger partial charge in [0.1, 0.15) is 5.82 Å². The number of aryl methyl sites for hydroxylation is 1. The number of thiazole rings is 1. The van der Waals surface area contributed by atoms with E-state index in [-0.39, 0.29) is 11.8 Å². The predicted octanol–water partition coefficient (Wildman–Crippen LogP) is 3.82. The first-order valence-electron chi connectivity index (χ1n) is 7.62. The molecule has 1 amide bonds. The molecule has 0 saturated carbocycles. The lowest BCUT2D eigenvalue weighted by Gasteiger charge is -2.22. The quantitative estimate of drug-likeness (QED) is 0.774. The summed E-state index contributed by atoms with van der Waals surface area (Å²) in [4.78, 5) is 16.6. The van der Waals surface area contributed by atoms with Crippen LogP contribution in [0.15, 0.2) is 35.2 Å². The average molecular weight is 359 g/mol. The highest BCUT2D eigenvalue weighted by molar-refractivity contribution is 7.07. The minimum atomic E-state index is -0.0417.